The highest BCUT2D eigenvalue weighted by atomic mass is 32.2. The Morgan fingerprint density at radius 3 is 2.54 bits per heavy atom. The lowest BCUT2D eigenvalue weighted by molar-refractivity contribution is -0.126. The molecule has 0 radical (unpaired) electrons. The molecule has 0 spiro atoms. The maximum absolute atomic E-state index is 12.6. The van der Waals surface area contributed by atoms with Crippen molar-refractivity contribution in [2.45, 2.75) is 25.3 Å². The molecule has 0 aliphatic carbocycles. The summed E-state index contributed by atoms with van der Waals surface area (Å²) in [6, 6.07) is 6.76. The lowest BCUT2D eigenvalue weighted by atomic mass is 9.95. The van der Waals surface area contributed by atoms with Crippen LogP contribution in [-0.4, -0.2) is 62.9 Å². The maximum atomic E-state index is 12.6. The van der Waals surface area contributed by atoms with E-state index in [0.29, 0.717) is 43.7 Å². The van der Waals surface area contributed by atoms with Crippen LogP contribution >= 0.6 is 0 Å². The minimum Gasteiger partial charge on any atom is -0.497 e. The molecule has 7 nitrogen and oxygen atoms in total. The van der Waals surface area contributed by atoms with E-state index in [0.717, 1.165) is 0 Å². The summed E-state index contributed by atoms with van der Waals surface area (Å²) in [5.41, 5.74) is 0.573. The monoisotopic (exact) mass is 380 g/mol. The minimum atomic E-state index is -3.01. The van der Waals surface area contributed by atoms with Crippen LogP contribution in [0.4, 0.5) is 0 Å². The molecule has 2 fully saturated rings. The zero-order valence-corrected chi connectivity index (χ0v) is 15.6. The second-order valence-corrected chi connectivity index (χ2v) is 9.14. The Morgan fingerprint density at radius 1 is 1.19 bits per heavy atom. The van der Waals surface area contributed by atoms with E-state index in [4.69, 9.17) is 4.74 Å². The molecule has 1 atom stereocenters. The van der Waals surface area contributed by atoms with Crippen molar-refractivity contribution in [3.05, 3.63) is 29.8 Å². The summed E-state index contributed by atoms with van der Waals surface area (Å²) < 4.78 is 28.1. The quantitative estimate of drug-likeness (QED) is 0.836. The van der Waals surface area contributed by atoms with E-state index >= 15 is 0 Å². The van der Waals surface area contributed by atoms with E-state index in [-0.39, 0.29) is 35.3 Å². The van der Waals surface area contributed by atoms with Gasteiger partial charge in [0.1, 0.15) is 5.75 Å². The van der Waals surface area contributed by atoms with Crippen molar-refractivity contribution >= 4 is 21.7 Å². The largest absolute Gasteiger partial charge is 0.497 e. The summed E-state index contributed by atoms with van der Waals surface area (Å²) in [5.74, 6) is 0.478. The number of ether oxygens (including phenoxy) is 1. The van der Waals surface area contributed by atoms with Crippen LogP contribution in [0.25, 0.3) is 0 Å². The third-order valence-corrected chi connectivity index (χ3v) is 6.82. The van der Waals surface area contributed by atoms with Crippen LogP contribution in [-0.2, 0) is 14.6 Å². The third-order valence-electron chi connectivity index (χ3n) is 5.05. The van der Waals surface area contributed by atoms with Crippen molar-refractivity contribution in [3.8, 4) is 5.75 Å². The Hall–Kier alpha value is -2.09. The van der Waals surface area contributed by atoms with Gasteiger partial charge in [0.25, 0.3) is 5.91 Å². The number of hydrogen-bond acceptors (Lipinski definition) is 5. The predicted octanol–water partition coefficient (Wildman–Crippen LogP) is 0.851. The molecule has 2 heterocycles. The summed E-state index contributed by atoms with van der Waals surface area (Å²) in [5, 5.41) is 2.86. The fourth-order valence-electron chi connectivity index (χ4n) is 3.51. The number of carbonyl (C=O) groups excluding carboxylic acids is 2. The van der Waals surface area contributed by atoms with E-state index in [9.17, 15) is 18.0 Å². The molecule has 1 unspecified atom stereocenters. The highest BCUT2D eigenvalue weighted by Crippen LogP contribution is 2.22. The number of nitrogens with one attached hydrogen (secondary N) is 1. The number of methoxy groups -OCH3 is 1. The number of piperidine rings is 1. The fourth-order valence-corrected chi connectivity index (χ4v) is 5.18. The van der Waals surface area contributed by atoms with Crippen LogP contribution in [0.2, 0.25) is 0 Å². The molecular weight excluding hydrogens is 356 g/mol. The number of rotatable bonds is 4. The van der Waals surface area contributed by atoms with Crippen molar-refractivity contribution in [2.75, 3.05) is 31.7 Å². The summed E-state index contributed by atoms with van der Waals surface area (Å²) in [7, 11) is -1.45. The van der Waals surface area contributed by atoms with E-state index in [1.54, 1.807) is 36.3 Å². The summed E-state index contributed by atoms with van der Waals surface area (Å²) in [6.07, 6.45) is 1.66. The fraction of sp³-hybridized carbons (Fsp3) is 0.556. The zero-order chi connectivity index (χ0) is 18.7. The number of benzene rings is 1. The molecule has 2 saturated heterocycles. The number of likely N-dealkylation sites (tertiary alicyclic amines) is 1. The minimum absolute atomic E-state index is 0.0336. The van der Waals surface area contributed by atoms with Crippen molar-refractivity contribution in [2.24, 2.45) is 5.92 Å². The topological polar surface area (TPSA) is 92.8 Å². The van der Waals surface area contributed by atoms with Crippen molar-refractivity contribution in [1.82, 2.24) is 10.2 Å². The molecule has 0 bridgehead atoms. The predicted molar refractivity (Wildman–Crippen MR) is 96.8 cm³/mol. The number of amides is 2. The Morgan fingerprint density at radius 2 is 1.92 bits per heavy atom. The Balaban J connectivity index is 1.52. The van der Waals surface area contributed by atoms with Gasteiger partial charge in [-0.2, -0.15) is 0 Å². The first-order chi connectivity index (χ1) is 12.4. The highest BCUT2D eigenvalue weighted by Gasteiger charge is 2.33. The number of sulfone groups is 1. The molecule has 1 aromatic carbocycles. The number of nitrogens with zero attached hydrogens (tertiary/aromatic N) is 1. The summed E-state index contributed by atoms with van der Waals surface area (Å²) in [4.78, 5) is 26.7. The van der Waals surface area contributed by atoms with E-state index < -0.39 is 9.84 Å². The third kappa shape index (κ3) is 4.35. The molecular formula is C18H24N2O5S. The molecule has 1 N–H and O–H groups in total. The molecule has 0 aromatic heterocycles. The average molecular weight is 380 g/mol. The molecule has 2 aliphatic rings. The first-order valence-electron chi connectivity index (χ1n) is 8.82. The van der Waals surface area contributed by atoms with Crippen LogP contribution in [0.3, 0.4) is 0 Å². The first-order valence-corrected chi connectivity index (χ1v) is 10.6. The van der Waals surface area contributed by atoms with E-state index in [2.05, 4.69) is 5.32 Å². The molecule has 0 saturated carbocycles. The Kier molecular flexibility index (Phi) is 5.50. The van der Waals surface area contributed by atoms with Gasteiger partial charge in [0.15, 0.2) is 9.84 Å². The SMILES string of the molecule is COc1cccc(C(=O)N2CCC(C(=O)NC3CCS(=O)(=O)C3)CC2)c1. The normalized spacial score (nSPS) is 22.8. The maximum Gasteiger partial charge on any atom is 0.253 e. The molecule has 2 amide bonds. The van der Waals surface area contributed by atoms with Gasteiger partial charge in [-0.15, -0.1) is 0 Å². The van der Waals surface area contributed by atoms with Gasteiger partial charge in [-0.1, -0.05) is 6.07 Å². The van der Waals surface area contributed by atoms with Crippen molar-refractivity contribution < 1.29 is 22.7 Å². The van der Waals surface area contributed by atoms with Gasteiger partial charge < -0.3 is 15.0 Å². The molecule has 142 valence electrons. The van der Waals surface area contributed by atoms with Crippen LogP contribution in [0.5, 0.6) is 5.75 Å². The smallest absolute Gasteiger partial charge is 0.253 e. The molecule has 2 aliphatic heterocycles. The summed E-state index contributed by atoms with van der Waals surface area (Å²) >= 11 is 0. The first kappa shape index (κ1) is 18.7. The zero-order valence-electron chi connectivity index (χ0n) is 14.8. The van der Waals surface area contributed by atoms with Gasteiger partial charge in [-0.3, -0.25) is 9.59 Å². The second kappa shape index (κ2) is 7.65. The molecule has 1 aromatic rings. The summed E-state index contributed by atoms with van der Waals surface area (Å²) in [6.45, 7) is 1.02. The molecule has 8 heteroatoms. The Bertz CT molecular complexity index is 785. The lowest BCUT2D eigenvalue weighted by Gasteiger charge is -2.32. The van der Waals surface area contributed by atoms with Crippen LogP contribution in [0, 0.1) is 5.92 Å². The van der Waals surface area contributed by atoms with Gasteiger partial charge in [-0.25, -0.2) is 8.42 Å². The second-order valence-electron chi connectivity index (χ2n) is 6.91. The van der Waals surface area contributed by atoms with Gasteiger partial charge in [-0.05, 0) is 37.5 Å². The average Bonchev–Trinajstić information content (AvgIpc) is 2.99. The Labute approximate surface area is 153 Å². The molecule has 3 rings (SSSR count). The molecule has 26 heavy (non-hydrogen) atoms. The van der Waals surface area contributed by atoms with Gasteiger partial charge in [0.2, 0.25) is 5.91 Å². The van der Waals surface area contributed by atoms with Crippen LogP contribution < -0.4 is 10.1 Å². The van der Waals surface area contributed by atoms with Crippen LogP contribution in [0.15, 0.2) is 24.3 Å². The van der Waals surface area contributed by atoms with E-state index in [1.807, 2.05) is 0 Å². The van der Waals surface area contributed by atoms with Gasteiger partial charge in [0, 0.05) is 30.6 Å². The van der Waals surface area contributed by atoms with Crippen molar-refractivity contribution in [3.63, 3.8) is 0 Å². The van der Waals surface area contributed by atoms with Crippen LogP contribution in [0.1, 0.15) is 29.6 Å². The highest BCUT2D eigenvalue weighted by molar-refractivity contribution is 7.91. The van der Waals surface area contributed by atoms with E-state index in [1.165, 1.54) is 0 Å². The van der Waals surface area contributed by atoms with Gasteiger partial charge in [0.05, 0.1) is 18.6 Å². The lowest BCUT2D eigenvalue weighted by Crippen LogP contribution is -2.45. The number of carbonyl (C=O) groups is 2. The van der Waals surface area contributed by atoms with Crippen molar-refractivity contribution in [1.29, 1.82) is 0 Å². The number of hydrogen-bond donors (Lipinski definition) is 1. The standard InChI is InChI=1S/C18H24N2O5S/c1-25-16-4-2-3-14(11-16)18(22)20-8-5-13(6-9-20)17(21)19-15-7-10-26(23,24)12-15/h2-4,11,13,15H,5-10,12H2,1H3,(H,19,21). The van der Waals surface area contributed by atoms with Gasteiger partial charge >= 0.3 is 0 Å².